The molecule has 0 spiro atoms. The van der Waals surface area contributed by atoms with Crippen molar-refractivity contribution in [1.82, 2.24) is 30.1 Å². The van der Waals surface area contributed by atoms with Crippen LogP contribution in [0.2, 0.25) is 0 Å². The maximum absolute atomic E-state index is 13.1. The van der Waals surface area contributed by atoms with Gasteiger partial charge < -0.3 is 4.98 Å². The van der Waals surface area contributed by atoms with E-state index < -0.39 is 0 Å². The number of aromatic nitrogens is 5. The van der Waals surface area contributed by atoms with Crippen LogP contribution in [0.15, 0.2) is 59.4 Å². The van der Waals surface area contributed by atoms with Crippen LogP contribution in [0, 0.1) is 6.92 Å². The summed E-state index contributed by atoms with van der Waals surface area (Å²) in [5.41, 5.74) is 4.02. The van der Waals surface area contributed by atoms with Crippen LogP contribution in [0.25, 0.3) is 10.9 Å². The summed E-state index contributed by atoms with van der Waals surface area (Å²) in [6.07, 6.45) is 6.47. The lowest BCUT2D eigenvalue weighted by Crippen LogP contribution is -2.34. The molecule has 0 aliphatic heterocycles. The number of hydrogen-bond acceptors (Lipinski definition) is 5. The molecule has 5 rings (SSSR count). The summed E-state index contributed by atoms with van der Waals surface area (Å²) >= 11 is 0. The van der Waals surface area contributed by atoms with E-state index in [4.69, 9.17) is 0 Å². The van der Waals surface area contributed by atoms with Crippen molar-refractivity contribution in [2.75, 3.05) is 6.54 Å². The standard InChI is InChI=1S/C28H34N6O/c1-3-25(27-30-31-32-34(27)24-14-7-8-15-24)33(17-16-21-11-5-4-6-12-21)19-23-18-22-13-9-10-20(2)26(22)29-28(23)35/h4-6,9-13,18,24-25H,3,7-8,14-17,19H2,1-2H3,(H,29,35)/t25-/m1/s1. The van der Waals surface area contributed by atoms with E-state index in [9.17, 15) is 4.79 Å². The second-order valence-electron chi connectivity index (χ2n) is 9.71. The average Bonchev–Trinajstić information content (AvgIpc) is 3.57. The molecule has 1 N–H and O–H groups in total. The minimum Gasteiger partial charge on any atom is -0.321 e. The number of nitrogens with one attached hydrogen (secondary N) is 1. The fourth-order valence-electron chi connectivity index (χ4n) is 5.46. The molecule has 0 unspecified atom stereocenters. The Bertz CT molecular complexity index is 1320. The highest BCUT2D eigenvalue weighted by Crippen LogP contribution is 2.33. The quantitative estimate of drug-likeness (QED) is 0.367. The zero-order valence-corrected chi connectivity index (χ0v) is 20.7. The number of benzene rings is 2. The van der Waals surface area contributed by atoms with Gasteiger partial charge in [0.05, 0.1) is 17.6 Å². The van der Waals surface area contributed by atoms with Crippen molar-refractivity contribution in [3.05, 3.63) is 87.5 Å². The van der Waals surface area contributed by atoms with Crippen molar-refractivity contribution in [2.24, 2.45) is 0 Å². The number of pyridine rings is 1. The molecule has 0 amide bonds. The molecule has 0 bridgehead atoms. The lowest BCUT2D eigenvalue weighted by Gasteiger charge is -2.31. The van der Waals surface area contributed by atoms with Crippen molar-refractivity contribution >= 4 is 10.9 Å². The number of rotatable bonds is 9. The van der Waals surface area contributed by atoms with Crippen LogP contribution in [0.5, 0.6) is 0 Å². The van der Waals surface area contributed by atoms with E-state index in [1.54, 1.807) is 0 Å². The first-order valence-corrected chi connectivity index (χ1v) is 12.8. The topological polar surface area (TPSA) is 79.7 Å². The Morgan fingerprint density at radius 2 is 1.91 bits per heavy atom. The molecule has 1 aliphatic rings. The fraction of sp³-hybridized carbons (Fsp3) is 0.429. The summed E-state index contributed by atoms with van der Waals surface area (Å²) < 4.78 is 2.06. The zero-order chi connectivity index (χ0) is 24.2. The van der Waals surface area contributed by atoms with Crippen LogP contribution in [-0.2, 0) is 13.0 Å². The summed E-state index contributed by atoms with van der Waals surface area (Å²) in [6, 6.07) is 19.1. The highest BCUT2D eigenvalue weighted by atomic mass is 16.1. The van der Waals surface area contributed by atoms with Gasteiger partial charge in [-0.15, -0.1) is 5.10 Å². The summed E-state index contributed by atoms with van der Waals surface area (Å²) in [5, 5.41) is 14.1. The maximum atomic E-state index is 13.1. The van der Waals surface area contributed by atoms with E-state index in [0.717, 1.165) is 60.1 Å². The minimum absolute atomic E-state index is 0.0262. The molecule has 4 aromatic rings. The fourth-order valence-corrected chi connectivity index (χ4v) is 5.46. The van der Waals surface area contributed by atoms with Gasteiger partial charge in [-0.25, -0.2) is 4.68 Å². The van der Waals surface area contributed by atoms with Crippen molar-refractivity contribution in [3.63, 3.8) is 0 Å². The maximum Gasteiger partial charge on any atom is 0.252 e. The van der Waals surface area contributed by atoms with Gasteiger partial charge in [-0.2, -0.15) is 0 Å². The Balaban J connectivity index is 1.49. The van der Waals surface area contributed by atoms with E-state index >= 15 is 0 Å². The van der Waals surface area contributed by atoms with Crippen LogP contribution in [-0.4, -0.2) is 36.6 Å². The van der Waals surface area contributed by atoms with Gasteiger partial charge in [-0.05, 0) is 65.6 Å². The van der Waals surface area contributed by atoms with E-state index in [1.807, 2.05) is 31.2 Å². The van der Waals surface area contributed by atoms with E-state index in [1.165, 1.54) is 18.4 Å². The number of tetrazole rings is 1. The van der Waals surface area contributed by atoms with Gasteiger partial charge in [0.15, 0.2) is 5.82 Å². The van der Waals surface area contributed by atoms with Crippen molar-refractivity contribution in [2.45, 2.75) is 71.0 Å². The van der Waals surface area contributed by atoms with Crippen molar-refractivity contribution < 1.29 is 0 Å². The summed E-state index contributed by atoms with van der Waals surface area (Å²) in [4.78, 5) is 18.7. The van der Waals surface area contributed by atoms with Gasteiger partial charge in [0.1, 0.15) is 0 Å². The van der Waals surface area contributed by atoms with Gasteiger partial charge in [0, 0.05) is 18.7 Å². The van der Waals surface area contributed by atoms with E-state index in [2.05, 4.69) is 67.3 Å². The second kappa shape index (κ2) is 10.5. The molecule has 0 saturated heterocycles. The third-order valence-electron chi connectivity index (χ3n) is 7.38. The third kappa shape index (κ3) is 5.05. The van der Waals surface area contributed by atoms with Crippen molar-refractivity contribution in [3.8, 4) is 0 Å². The highest BCUT2D eigenvalue weighted by Gasteiger charge is 2.29. The molecule has 7 heteroatoms. The van der Waals surface area contributed by atoms with Gasteiger partial charge in [0.2, 0.25) is 0 Å². The molecule has 35 heavy (non-hydrogen) atoms. The number of aromatic amines is 1. The predicted octanol–water partition coefficient (Wildman–Crippen LogP) is 5.13. The Kier molecular flexibility index (Phi) is 7.04. The van der Waals surface area contributed by atoms with Crippen LogP contribution in [0.1, 0.15) is 73.6 Å². The Morgan fingerprint density at radius 1 is 1.11 bits per heavy atom. The summed E-state index contributed by atoms with van der Waals surface area (Å²) in [5.74, 6) is 0.917. The molecule has 0 radical (unpaired) electrons. The second-order valence-corrected chi connectivity index (χ2v) is 9.71. The molecule has 2 aromatic carbocycles. The average molecular weight is 471 g/mol. The Labute approximate surface area is 206 Å². The van der Waals surface area contributed by atoms with Gasteiger partial charge in [-0.3, -0.25) is 9.69 Å². The molecule has 1 saturated carbocycles. The van der Waals surface area contributed by atoms with Gasteiger partial charge in [-0.1, -0.05) is 68.3 Å². The molecular weight excluding hydrogens is 436 g/mol. The monoisotopic (exact) mass is 470 g/mol. The normalized spacial score (nSPS) is 15.3. The predicted molar refractivity (Wildman–Crippen MR) is 138 cm³/mol. The highest BCUT2D eigenvalue weighted by molar-refractivity contribution is 5.81. The molecule has 1 atom stereocenters. The Hall–Kier alpha value is -3.32. The lowest BCUT2D eigenvalue weighted by atomic mass is 10.1. The molecule has 7 nitrogen and oxygen atoms in total. The van der Waals surface area contributed by atoms with Crippen LogP contribution < -0.4 is 5.56 Å². The largest absolute Gasteiger partial charge is 0.321 e. The summed E-state index contributed by atoms with van der Waals surface area (Å²) in [7, 11) is 0. The first kappa shape index (κ1) is 23.4. The van der Waals surface area contributed by atoms with Gasteiger partial charge >= 0.3 is 0 Å². The molecule has 182 valence electrons. The van der Waals surface area contributed by atoms with Gasteiger partial charge in [0.25, 0.3) is 5.56 Å². The molecular formula is C28H34N6O. The number of aryl methyl sites for hydroxylation is 1. The smallest absolute Gasteiger partial charge is 0.252 e. The van der Waals surface area contributed by atoms with Crippen molar-refractivity contribution in [1.29, 1.82) is 0 Å². The SMILES string of the molecule is CC[C@H](c1nnnn1C1CCCC1)N(CCc1ccccc1)Cc1cc2cccc(C)c2[nH]c1=O. The third-order valence-corrected chi connectivity index (χ3v) is 7.38. The Morgan fingerprint density at radius 3 is 2.69 bits per heavy atom. The number of hydrogen-bond donors (Lipinski definition) is 1. The van der Waals surface area contributed by atoms with Crippen LogP contribution >= 0.6 is 0 Å². The number of fused-ring (bicyclic) bond motifs is 1. The van der Waals surface area contributed by atoms with E-state index in [0.29, 0.717) is 12.6 Å². The minimum atomic E-state index is -0.0262. The van der Waals surface area contributed by atoms with Crippen LogP contribution in [0.4, 0.5) is 0 Å². The number of nitrogens with zero attached hydrogens (tertiary/aromatic N) is 5. The van der Waals surface area contributed by atoms with E-state index in [-0.39, 0.29) is 11.6 Å². The zero-order valence-electron chi connectivity index (χ0n) is 20.7. The lowest BCUT2D eigenvalue weighted by molar-refractivity contribution is 0.169. The molecule has 1 aliphatic carbocycles. The first-order chi connectivity index (χ1) is 17.1. The van der Waals surface area contributed by atoms with Crippen LogP contribution in [0.3, 0.4) is 0 Å². The summed E-state index contributed by atoms with van der Waals surface area (Å²) in [6.45, 7) is 5.56. The number of H-pyrrole nitrogens is 1. The first-order valence-electron chi connectivity index (χ1n) is 12.8. The molecule has 2 aromatic heterocycles. The number of para-hydroxylation sites is 1. The molecule has 1 fully saturated rings. The molecule has 2 heterocycles.